The molecular weight excluding hydrogens is 330 g/mol. The molecule has 0 radical (unpaired) electrons. The normalized spacial score (nSPS) is 11.8. The number of fused-ring (bicyclic) bond motifs is 1. The van der Waals surface area contributed by atoms with Crippen LogP contribution in [0.3, 0.4) is 0 Å². The van der Waals surface area contributed by atoms with Crippen LogP contribution in [0.5, 0.6) is 5.75 Å². The van der Waals surface area contributed by atoms with Gasteiger partial charge in [-0.2, -0.15) is 0 Å². The van der Waals surface area contributed by atoms with Crippen LogP contribution in [0.15, 0.2) is 46.1 Å². The molecule has 3 aromatic rings. The molecule has 0 aliphatic heterocycles. The highest BCUT2D eigenvalue weighted by Crippen LogP contribution is 2.21. The fourth-order valence-electron chi connectivity index (χ4n) is 2.50. The quantitative estimate of drug-likeness (QED) is 0.653. The Labute approximate surface area is 138 Å². The highest BCUT2D eigenvalue weighted by atomic mass is 32.2. The number of aromatic amines is 2. The van der Waals surface area contributed by atoms with Crippen molar-refractivity contribution in [1.29, 1.82) is 0 Å². The van der Waals surface area contributed by atoms with E-state index < -0.39 is 10.0 Å². The maximum atomic E-state index is 12.6. The number of sulfonamides is 1. The summed E-state index contributed by atoms with van der Waals surface area (Å²) < 4.78 is 32.9. The Morgan fingerprint density at radius 1 is 1.12 bits per heavy atom. The molecule has 0 aliphatic rings. The van der Waals surface area contributed by atoms with Gasteiger partial charge in [0.2, 0.25) is 10.0 Å². The lowest BCUT2D eigenvalue weighted by molar-refractivity contribution is 0.414. The smallest absolute Gasteiger partial charge is 0.323 e. The predicted molar refractivity (Wildman–Crippen MR) is 90.7 cm³/mol. The third-order valence-electron chi connectivity index (χ3n) is 3.70. The van der Waals surface area contributed by atoms with Crippen LogP contribution < -0.4 is 15.1 Å². The van der Waals surface area contributed by atoms with Gasteiger partial charge in [0.25, 0.3) is 0 Å². The van der Waals surface area contributed by atoms with Crippen molar-refractivity contribution in [3.63, 3.8) is 0 Å². The van der Waals surface area contributed by atoms with Crippen LogP contribution in [-0.4, -0.2) is 25.5 Å². The molecule has 3 N–H and O–H groups in total. The molecule has 7 nitrogen and oxygen atoms in total. The van der Waals surface area contributed by atoms with E-state index in [0.717, 1.165) is 5.56 Å². The number of aryl methyl sites for hydroxylation is 1. The first-order chi connectivity index (χ1) is 11.4. The number of aromatic nitrogens is 2. The number of rotatable bonds is 5. The van der Waals surface area contributed by atoms with E-state index in [2.05, 4.69) is 14.7 Å². The topological polar surface area (TPSA) is 104 Å². The zero-order valence-electron chi connectivity index (χ0n) is 13.2. The molecule has 1 heterocycles. The van der Waals surface area contributed by atoms with Gasteiger partial charge in [-0.1, -0.05) is 12.1 Å². The standard InChI is InChI=1S/C16H17N3O4S/c1-10-6-13-14(19-16(20)18-13)8-15(10)24(21,22)17-9-11-4-3-5-12(7-11)23-2/h3-8,17H,9H2,1-2H3,(H2,18,19,20). The number of nitrogens with one attached hydrogen (secondary N) is 3. The van der Waals surface area contributed by atoms with E-state index in [0.29, 0.717) is 22.3 Å². The Hall–Kier alpha value is -2.58. The summed E-state index contributed by atoms with van der Waals surface area (Å²) in [6.45, 7) is 1.82. The van der Waals surface area contributed by atoms with Gasteiger partial charge in [0.15, 0.2) is 0 Å². The molecule has 0 saturated heterocycles. The summed E-state index contributed by atoms with van der Waals surface area (Å²) in [5, 5.41) is 0. The number of methoxy groups -OCH3 is 1. The lowest BCUT2D eigenvalue weighted by Crippen LogP contribution is -2.24. The van der Waals surface area contributed by atoms with E-state index in [4.69, 9.17) is 4.74 Å². The van der Waals surface area contributed by atoms with Gasteiger partial charge in [-0.15, -0.1) is 0 Å². The monoisotopic (exact) mass is 347 g/mol. The lowest BCUT2D eigenvalue weighted by atomic mass is 10.2. The molecule has 0 unspecified atom stereocenters. The van der Waals surface area contributed by atoms with Crippen molar-refractivity contribution >= 4 is 21.1 Å². The van der Waals surface area contributed by atoms with Crippen LogP contribution in [0.2, 0.25) is 0 Å². The first kappa shape index (κ1) is 16.3. The Morgan fingerprint density at radius 3 is 2.54 bits per heavy atom. The van der Waals surface area contributed by atoms with E-state index in [1.165, 1.54) is 6.07 Å². The minimum atomic E-state index is -3.72. The Balaban J connectivity index is 1.89. The molecule has 126 valence electrons. The van der Waals surface area contributed by atoms with Crippen molar-refractivity contribution in [2.24, 2.45) is 0 Å². The van der Waals surface area contributed by atoms with Crippen LogP contribution in [0.1, 0.15) is 11.1 Å². The first-order valence-electron chi connectivity index (χ1n) is 7.24. The highest BCUT2D eigenvalue weighted by molar-refractivity contribution is 7.89. The molecule has 3 rings (SSSR count). The third kappa shape index (κ3) is 3.19. The molecule has 0 atom stereocenters. The van der Waals surface area contributed by atoms with Crippen molar-refractivity contribution in [2.45, 2.75) is 18.4 Å². The summed E-state index contributed by atoms with van der Waals surface area (Å²) in [7, 11) is -2.16. The maximum absolute atomic E-state index is 12.6. The largest absolute Gasteiger partial charge is 0.497 e. The summed E-state index contributed by atoms with van der Waals surface area (Å²) in [4.78, 5) is 16.7. The minimum absolute atomic E-state index is 0.133. The predicted octanol–water partition coefficient (Wildman–Crippen LogP) is 1.65. The van der Waals surface area contributed by atoms with Crippen LogP contribution in [-0.2, 0) is 16.6 Å². The fraction of sp³-hybridized carbons (Fsp3) is 0.188. The van der Waals surface area contributed by atoms with E-state index in [9.17, 15) is 13.2 Å². The summed E-state index contributed by atoms with van der Waals surface area (Å²) in [6, 6.07) is 10.2. The number of hydrogen-bond acceptors (Lipinski definition) is 4. The summed E-state index contributed by atoms with van der Waals surface area (Å²) >= 11 is 0. The summed E-state index contributed by atoms with van der Waals surface area (Å²) in [5.74, 6) is 0.661. The van der Waals surface area contributed by atoms with Gasteiger partial charge >= 0.3 is 5.69 Å². The van der Waals surface area contributed by atoms with Crippen molar-refractivity contribution in [2.75, 3.05) is 7.11 Å². The molecule has 0 fully saturated rings. The Kier molecular flexibility index (Phi) is 4.16. The molecule has 0 amide bonds. The fourth-order valence-corrected chi connectivity index (χ4v) is 3.77. The molecule has 2 aromatic carbocycles. The van der Waals surface area contributed by atoms with Crippen LogP contribution in [0.25, 0.3) is 11.0 Å². The SMILES string of the molecule is COc1cccc(CNS(=O)(=O)c2cc3[nH]c(=O)[nH]c3cc2C)c1. The van der Waals surface area contributed by atoms with Gasteiger partial charge in [0, 0.05) is 6.54 Å². The molecule has 0 aliphatic carbocycles. The molecule has 1 aromatic heterocycles. The average molecular weight is 347 g/mol. The Morgan fingerprint density at radius 2 is 1.83 bits per heavy atom. The second-order valence-corrected chi connectivity index (χ2v) is 7.15. The van der Waals surface area contributed by atoms with E-state index in [1.807, 2.05) is 6.07 Å². The molecule has 24 heavy (non-hydrogen) atoms. The third-order valence-corrected chi connectivity index (χ3v) is 5.24. The lowest BCUT2D eigenvalue weighted by Gasteiger charge is -2.10. The number of hydrogen-bond donors (Lipinski definition) is 3. The number of H-pyrrole nitrogens is 2. The maximum Gasteiger partial charge on any atom is 0.323 e. The van der Waals surface area contributed by atoms with Gasteiger partial charge in [0.05, 0.1) is 23.0 Å². The van der Waals surface area contributed by atoms with Gasteiger partial charge in [0.1, 0.15) is 5.75 Å². The molecule has 0 spiro atoms. The molecule has 0 bridgehead atoms. The summed E-state index contributed by atoms with van der Waals surface area (Å²) in [5.41, 5.74) is 1.99. The van der Waals surface area contributed by atoms with Crippen molar-refractivity contribution in [3.05, 3.63) is 58.0 Å². The van der Waals surface area contributed by atoms with Crippen LogP contribution in [0, 0.1) is 6.92 Å². The van der Waals surface area contributed by atoms with E-state index in [-0.39, 0.29) is 17.1 Å². The zero-order chi connectivity index (χ0) is 17.3. The average Bonchev–Trinajstić information content (AvgIpc) is 2.91. The first-order valence-corrected chi connectivity index (χ1v) is 8.72. The molecular formula is C16H17N3O4S. The van der Waals surface area contributed by atoms with Gasteiger partial charge in [-0.3, -0.25) is 0 Å². The molecule has 0 saturated carbocycles. The number of imidazole rings is 1. The second kappa shape index (κ2) is 6.14. The molecule has 8 heteroatoms. The zero-order valence-corrected chi connectivity index (χ0v) is 14.0. The van der Waals surface area contributed by atoms with Crippen molar-refractivity contribution < 1.29 is 13.2 Å². The number of ether oxygens (including phenoxy) is 1. The van der Waals surface area contributed by atoms with Gasteiger partial charge in [-0.25, -0.2) is 17.9 Å². The highest BCUT2D eigenvalue weighted by Gasteiger charge is 2.18. The van der Waals surface area contributed by atoms with E-state index >= 15 is 0 Å². The van der Waals surface area contributed by atoms with Gasteiger partial charge in [-0.05, 0) is 42.3 Å². The number of benzene rings is 2. The van der Waals surface area contributed by atoms with Gasteiger partial charge < -0.3 is 14.7 Å². The second-order valence-electron chi connectivity index (χ2n) is 5.42. The van der Waals surface area contributed by atoms with Crippen LogP contribution in [0.4, 0.5) is 0 Å². The minimum Gasteiger partial charge on any atom is -0.497 e. The van der Waals surface area contributed by atoms with Crippen molar-refractivity contribution in [1.82, 2.24) is 14.7 Å². The van der Waals surface area contributed by atoms with Crippen LogP contribution >= 0.6 is 0 Å². The van der Waals surface area contributed by atoms with Crippen molar-refractivity contribution in [3.8, 4) is 5.75 Å². The Bertz CT molecular complexity index is 1050. The summed E-state index contributed by atoms with van der Waals surface area (Å²) in [6.07, 6.45) is 0. The van der Waals surface area contributed by atoms with E-state index in [1.54, 1.807) is 38.3 Å².